The summed E-state index contributed by atoms with van der Waals surface area (Å²) in [7, 11) is 3.05. The van der Waals surface area contributed by atoms with E-state index in [0.29, 0.717) is 34.6 Å². The van der Waals surface area contributed by atoms with Gasteiger partial charge in [-0.05, 0) is 13.0 Å². The van der Waals surface area contributed by atoms with E-state index in [0.717, 1.165) is 16.1 Å². The Kier molecular flexibility index (Phi) is 4.65. The molecule has 5 aromatic heterocycles. The molecule has 0 N–H and O–H groups in total. The molecule has 0 saturated carbocycles. The van der Waals surface area contributed by atoms with Crippen LogP contribution in [-0.4, -0.2) is 53.9 Å². The van der Waals surface area contributed by atoms with Crippen LogP contribution < -0.4 is 0 Å². The standard InChI is InChI=1S/C17H16F3N11S/c1-4-30-15(10-5-11(17(18,19)20)28(2)26-10)24-25-16(30)32-7-12-23-14-9-6-22-29(3)13(9)21-8-31(14)27-12/h5-6,8H,4,7H2,1-3H3. The zero-order valence-electron chi connectivity index (χ0n) is 17.1. The monoisotopic (exact) mass is 463 g/mol. The number of hydrogen-bond donors (Lipinski definition) is 0. The molecule has 0 aliphatic carbocycles. The molecule has 0 saturated heterocycles. The van der Waals surface area contributed by atoms with Gasteiger partial charge in [-0.1, -0.05) is 11.8 Å². The first-order valence-electron chi connectivity index (χ1n) is 9.45. The Hall–Kier alpha value is -3.49. The molecule has 0 bridgehead atoms. The summed E-state index contributed by atoms with van der Waals surface area (Å²) in [5.41, 5.74) is 0.603. The van der Waals surface area contributed by atoms with Gasteiger partial charge < -0.3 is 4.57 Å². The van der Waals surface area contributed by atoms with E-state index in [4.69, 9.17) is 0 Å². The molecule has 0 fully saturated rings. The Labute approximate surface area is 182 Å². The van der Waals surface area contributed by atoms with Crippen LogP contribution in [0.3, 0.4) is 0 Å². The fourth-order valence-corrected chi connectivity index (χ4v) is 4.24. The summed E-state index contributed by atoms with van der Waals surface area (Å²) in [6.45, 7) is 2.32. The summed E-state index contributed by atoms with van der Waals surface area (Å²) in [5, 5.41) is 22.1. The highest BCUT2D eigenvalue weighted by Gasteiger charge is 2.35. The molecular weight excluding hydrogens is 447 g/mol. The zero-order chi connectivity index (χ0) is 22.6. The first kappa shape index (κ1) is 20.4. The van der Waals surface area contributed by atoms with Gasteiger partial charge in [-0.15, -0.1) is 15.3 Å². The van der Waals surface area contributed by atoms with Gasteiger partial charge in [-0.25, -0.2) is 14.5 Å². The minimum absolute atomic E-state index is 0.108. The number of rotatable bonds is 5. The lowest BCUT2D eigenvalue weighted by Crippen LogP contribution is -2.11. The van der Waals surface area contributed by atoms with Gasteiger partial charge in [0.2, 0.25) is 0 Å². The van der Waals surface area contributed by atoms with E-state index in [1.165, 1.54) is 18.8 Å². The highest BCUT2D eigenvalue weighted by Crippen LogP contribution is 2.32. The Bertz CT molecular complexity index is 1440. The lowest BCUT2D eigenvalue weighted by Gasteiger charge is -2.04. The molecule has 0 spiro atoms. The van der Waals surface area contributed by atoms with Gasteiger partial charge in [0.25, 0.3) is 0 Å². The number of aromatic nitrogens is 11. The van der Waals surface area contributed by atoms with Crippen LogP contribution in [0.15, 0.2) is 23.7 Å². The molecule has 0 aromatic carbocycles. The first-order chi connectivity index (χ1) is 15.3. The highest BCUT2D eigenvalue weighted by molar-refractivity contribution is 7.98. The number of aryl methyl sites for hydroxylation is 2. The number of nitrogens with zero attached hydrogens (tertiary/aromatic N) is 11. The van der Waals surface area contributed by atoms with E-state index in [-0.39, 0.29) is 11.5 Å². The average Bonchev–Trinajstić information content (AvgIpc) is 3.49. The van der Waals surface area contributed by atoms with Gasteiger partial charge in [-0.3, -0.25) is 9.36 Å². The summed E-state index contributed by atoms with van der Waals surface area (Å²) < 4.78 is 45.1. The van der Waals surface area contributed by atoms with Crippen molar-refractivity contribution in [2.75, 3.05) is 0 Å². The third-order valence-corrected chi connectivity index (χ3v) is 5.84. The van der Waals surface area contributed by atoms with Crippen LogP contribution in [0.1, 0.15) is 18.4 Å². The third-order valence-electron chi connectivity index (χ3n) is 4.88. The molecule has 5 aromatic rings. The Morgan fingerprint density at radius 1 is 1.06 bits per heavy atom. The van der Waals surface area contributed by atoms with Crippen molar-refractivity contribution in [3.63, 3.8) is 0 Å². The van der Waals surface area contributed by atoms with Gasteiger partial charge in [0.1, 0.15) is 17.7 Å². The zero-order valence-corrected chi connectivity index (χ0v) is 17.9. The van der Waals surface area contributed by atoms with E-state index in [2.05, 4.69) is 35.5 Å². The van der Waals surface area contributed by atoms with Crippen LogP contribution in [0, 0.1) is 0 Å². The molecule has 0 atom stereocenters. The first-order valence-corrected chi connectivity index (χ1v) is 10.4. The van der Waals surface area contributed by atoms with Crippen LogP contribution in [0.5, 0.6) is 0 Å². The molecule has 0 aliphatic rings. The molecule has 0 unspecified atom stereocenters. The van der Waals surface area contributed by atoms with E-state index in [1.54, 1.807) is 33.3 Å². The maximum absolute atomic E-state index is 13.1. The number of halogens is 3. The van der Waals surface area contributed by atoms with E-state index in [9.17, 15) is 13.2 Å². The number of hydrogen-bond acceptors (Lipinski definition) is 8. The molecule has 5 rings (SSSR count). The lowest BCUT2D eigenvalue weighted by molar-refractivity contribution is -0.143. The Morgan fingerprint density at radius 2 is 1.88 bits per heavy atom. The summed E-state index contributed by atoms with van der Waals surface area (Å²) in [6, 6.07) is 0.973. The van der Waals surface area contributed by atoms with Gasteiger partial charge in [0.15, 0.2) is 28.1 Å². The van der Waals surface area contributed by atoms with E-state index in [1.807, 2.05) is 6.92 Å². The van der Waals surface area contributed by atoms with Crippen molar-refractivity contribution >= 4 is 28.4 Å². The summed E-state index contributed by atoms with van der Waals surface area (Å²) in [5.74, 6) is 1.21. The van der Waals surface area contributed by atoms with Crippen LogP contribution >= 0.6 is 11.8 Å². The minimum Gasteiger partial charge on any atom is -0.301 e. The van der Waals surface area contributed by atoms with Crippen molar-refractivity contribution in [2.24, 2.45) is 14.1 Å². The van der Waals surface area contributed by atoms with Crippen molar-refractivity contribution in [1.82, 2.24) is 53.9 Å². The quantitative estimate of drug-likeness (QED) is 0.366. The third kappa shape index (κ3) is 3.28. The summed E-state index contributed by atoms with van der Waals surface area (Å²) in [4.78, 5) is 8.90. The van der Waals surface area contributed by atoms with Gasteiger partial charge in [0.05, 0.1) is 17.3 Å². The number of fused-ring (bicyclic) bond motifs is 3. The van der Waals surface area contributed by atoms with Crippen molar-refractivity contribution < 1.29 is 13.2 Å². The molecule has 0 aliphatic heterocycles. The van der Waals surface area contributed by atoms with Gasteiger partial charge in [0, 0.05) is 20.6 Å². The van der Waals surface area contributed by atoms with E-state index >= 15 is 0 Å². The predicted octanol–water partition coefficient (Wildman–Crippen LogP) is 2.33. The molecule has 15 heteroatoms. The fraction of sp³-hybridized carbons (Fsp3) is 0.353. The lowest BCUT2D eigenvalue weighted by atomic mass is 10.3. The maximum atomic E-state index is 13.1. The molecule has 32 heavy (non-hydrogen) atoms. The molecule has 166 valence electrons. The van der Waals surface area contributed by atoms with Crippen molar-refractivity contribution in [3.8, 4) is 11.5 Å². The predicted molar refractivity (Wildman–Crippen MR) is 108 cm³/mol. The molecule has 0 amide bonds. The van der Waals surface area contributed by atoms with Crippen LogP contribution in [0.4, 0.5) is 13.2 Å². The highest BCUT2D eigenvalue weighted by atomic mass is 32.2. The van der Waals surface area contributed by atoms with Gasteiger partial charge >= 0.3 is 6.18 Å². The van der Waals surface area contributed by atoms with Crippen molar-refractivity contribution in [1.29, 1.82) is 0 Å². The number of thioether (sulfide) groups is 1. The van der Waals surface area contributed by atoms with Crippen LogP contribution in [0.2, 0.25) is 0 Å². The maximum Gasteiger partial charge on any atom is 0.433 e. The SMILES string of the molecule is CCn1c(SCc2nc3c4cnn(C)c4ncn3n2)nnc1-c1cc(C(F)(F)F)n(C)n1. The second kappa shape index (κ2) is 7.29. The van der Waals surface area contributed by atoms with Crippen molar-refractivity contribution in [3.05, 3.63) is 30.1 Å². The summed E-state index contributed by atoms with van der Waals surface area (Å²) >= 11 is 1.34. The largest absolute Gasteiger partial charge is 0.433 e. The van der Waals surface area contributed by atoms with Crippen LogP contribution in [0.25, 0.3) is 28.2 Å². The number of alkyl halides is 3. The Balaban J connectivity index is 1.42. The Morgan fingerprint density at radius 3 is 2.59 bits per heavy atom. The minimum atomic E-state index is -4.50. The van der Waals surface area contributed by atoms with Crippen molar-refractivity contribution in [2.45, 2.75) is 30.6 Å². The molecule has 11 nitrogen and oxygen atoms in total. The average molecular weight is 463 g/mol. The molecule has 0 radical (unpaired) electrons. The molecule has 5 heterocycles. The molecular formula is C17H16F3N11S. The second-order valence-electron chi connectivity index (χ2n) is 6.92. The summed E-state index contributed by atoms with van der Waals surface area (Å²) in [6.07, 6.45) is -1.24. The second-order valence-corrected chi connectivity index (χ2v) is 7.86. The fourth-order valence-electron chi connectivity index (χ4n) is 3.39. The smallest absolute Gasteiger partial charge is 0.301 e. The van der Waals surface area contributed by atoms with Crippen LogP contribution in [-0.2, 0) is 32.6 Å². The van der Waals surface area contributed by atoms with Gasteiger partial charge in [-0.2, -0.15) is 23.4 Å². The normalized spacial score (nSPS) is 12.4. The van der Waals surface area contributed by atoms with E-state index < -0.39 is 11.9 Å². The topological polar surface area (TPSA) is 109 Å².